The smallest absolute Gasteiger partial charge is 0.277 e. The lowest BCUT2D eigenvalue weighted by molar-refractivity contribution is 0.347. The lowest BCUT2D eigenvalue weighted by Gasteiger charge is -2.11. The Hall–Kier alpha value is -2.15. The summed E-state index contributed by atoms with van der Waals surface area (Å²) in [6, 6.07) is 9.68. The van der Waals surface area contributed by atoms with Crippen molar-refractivity contribution >= 4 is 11.8 Å². The summed E-state index contributed by atoms with van der Waals surface area (Å²) < 4.78 is 11.0. The van der Waals surface area contributed by atoms with Crippen LogP contribution in [0.5, 0.6) is 0 Å². The zero-order chi connectivity index (χ0) is 16.4. The average Bonchev–Trinajstić information content (AvgIpc) is 3.16. The third-order valence-corrected chi connectivity index (χ3v) is 4.08. The molecular formula is C16H18N4O2S. The van der Waals surface area contributed by atoms with Crippen LogP contribution in [0.25, 0.3) is 11.5 Å². The molecule has 7 heteroatoms. The first kappa shape index (κ1) is 15.7. The molecule has 1 aromatic carbocycles. The van der Waals surface area contributed by atoms with Gasteiger partial charge in [0, 0.05) is 11.0 Å². The Labute approximate surface area is 138 Å². The second-order valence-corrected chi connectivity index (χ2v) is 7.50. The topological polar surface area (TPSA) is 77.8 Å². The maximum absolute atomic E-state index is 5.69. The second-order valence-electron chi connectivity index (χ2n) is 6.21. The van der Waals surface area contributed by atoms with Crippen molar-refractivity contribution in [2.45, 2.75) is 43.6 Å². The second kappa shape index (κ2) is 6.16. The Kier molecular flexibility index (Phi) is 4.21. The molecule has 23 heavy (non-hydrogen) atoms. The monoisotopic (exact) mass is 330 g/mol. The largest absolute Gasteiger partial charge is 0.415 e. The summed E-state index contributed by atoms with van der Waals surface area (Å²) in [6.07, 6.45) is 0. The van der Waals surface area contributed by atoms with Gasteiger partial charge in [0.15, 0.2) is 5.82 Å². The van der Waals surface area contributed by atoms with Gasteiger partial charge in [-0.2, -0.15) is 4.98 Å². The van der Waals surface area contributed by atoms with Gasteiger partial charge in [-0.25, -0.2) is 0 Å². The van der Waals surface area contributed by atoms with Crippen LogP contribution in [0.4, 0.5) is 0 Å². The van der Waals surface area contributed by atoms with Gasteiger partial charge in [0.2, 0.25) is 5.89 Å². The van der Waals surface area contributed by atoms with Crippen molar-refractivity contribution in [3.63, 3.8) is 0 Å². The van der Waals surface area contributed by atoms with Gasteiger partial charge in [-0.15, -0.1) is 10.2 Å². The van der Waals surface area contributed by atoms with Crippen LogP contribution in [-0.4, -0.2) is 20.3 Å². The Morgan fingerprint density at radius 3 is 2.48 bits per heavy atom. The van der Waals surface area contributed by atoms with Gasteiger partial charge < -0.3 is 8.94 Å². The van der Waals surface area contributed by atoms with E-state index >= 15 is 0 Å². The molecule has 3 aromatic rings. The Balaban J connectivity index is 1.73. The van der Waals surface area contributed by atoms with E-state index in [2.05, 4.69) is 20.3 Å². The predicted octanol–water partition coefficient (Wildman–Crippen LogP) is 4.27. The highest BCUT2D eigenvalue weighted by Gasteiger charge is 2.24. The molecule has 0 aliphatic rings. The van der Waals surface area contributed by atoms with Gasteiger partial charge in [0.05, 0.1) is 5.25 Å². The SMILES string of the molecule is C[C@@H](Sc1nnc(C(C)(C)C)o1)c1noc(-c2ccccc2)n1. The molecule has 3 rings (SSSR count). The lowest BCUT2D eigenvalue weighted by Crippen LogP contribution is -2.11. The van der Waals surface area contributed by atoms with Crippen molar-refractivity contribution in [3.8, 4) is 11.5 Å². The molecule has 2 heterocycles. The first-order valence-corrected chi connectivity index (χ1v) is 8.21. The van der Waals surface area contributed by atoms with Crippen LogP contribution >= 0.6 is 11.8 Å². The van der Waals surface area contributed by atoms with Crippen molar-refractivity contribution < 1.29 is 8.94 Å². The fraction of sp³-hybridized carbons (Fsp3) is 0.375. The molecule has 1 atom stereocenters. The van der Waals surface area contributed by atoms with E-state index in [1.165, 1.54) is 11.8 Å². The van der Waals surface area contributed by atoms with Gasteiger partial charge in [0.25, 0.3) is 11.1 Å². The molecule has 0 aliphatic carbocycles. The van der Waals surface area contributed by atoms with Crippen LogP contribution in [0.15, 0.2) is 44.5 Å². The summed E-state index contributed by atoms with van der Waals surface area (Å²) in [4.78, 5) is 4.44. The number of hydrogen-bond donors (Lipinski definition) is 0. The molecule has 0 radical (unpaired) electrons. The molecule has 2 aromatic heterocycles. The van der Waals surface area contributed by atoms with Crippen molar-refractivity contribution in [2.24, 2.45) is 0 Å². The van der Waals surface area contributed by atoms with Gasteiger partial charge in [0.1, 0.15) is 0 Å². The van der Waals surface area contributed by atoms with Crippen LogP contribution in [-0.2, 0) is 5.41 Å². The molecule has 0 N–H and O–H groups in total. The normalized spacial score (nSPS) is 13.2. The van der Waals surface area contributed by atoms with Crippen LogP contribution < -0.4 is 0 Å². The standard InChI is InChI=1S/C16H18N4O2S/c1-10(23-15-19-18-14(21-15)16(2,3)4)12-17-13(22-20-12)11-8-6-5-7-9-11/h5-10H,1-4H3/t10-/m1/s1. The molecule has 0 aliphatic heterocycles. The lowest BCUT2D eigenvalue weighted by atomic mass is 9.97. The van der Waals surface area contributed by atoms with Crippen LogP contribution in [0.3, 0.4) is 0 Å². The van der Waals surface area contributed by atoms with Gasteiger partial charge in [-0.3, -0.25) is 0 Å². The zero-order valence-electron chi connectivity index (χ0n) is 13.5. The minimum atomic E-state index is -0.165. The van der Waals surface area contributed by atoms with Crippen LogP contribution in [0.1, 0.15) is 44.7 Å². The molecule has 0 saturated heterocycles. The number of benzene rings is 1. The molecule has 0 bridgehead atoms. The molecular weight excluding hydrogens is 312 g/mol. The number of rotatable bonds is 4. The molecule has 120 valence electrons. The van der Waals surface area contributed by atoms with Crippen LogP contribution in [0, 0.1) is 0 Å². The minimum Gasteiger partial charge on any atom is -0.415 e. The maximum atomic E-state index is 5.69. The highest BCUT2D eigenvalue weighted by Crippen LogP contribution is 2.34. The van der Waals surface area contributed by atoms with E-state index in [1.54, 1.807) is 0 Å². The summed E-state index contributed by atoms with van der Waals surface area (Å²) in [5, 5.41) is 12.7. The fourth-order valence-electron chi connectivity index (χ4n) is 1.86. The van der Waals surface area contributed by atoms with E-state index < -0.39 is 0 Å². The molecule has 0 unspecified atom stereocenters. The van der Waals surface area contributed by atoms with Gasteiger partial charge in [-0.05, 0) is 19.1 Å². The average molecular weight is 330 g/mol. The molecule has 0 amide bonds. The summed E-state index contributed by atoms with van der Waals surface area (Å²) in [6.45, 7) is 8.07. The minimum absolute atomic E-state index is 0.0514. The third kappa shape index (κ3) is 3.61. The van der Waals surface area contributed by atoms with Gasteiger partial charge >= 0.3 is 0 Å². The number of thioether (sulfide) groups is 1. The van der Waals surface area contributed by atoms with E-state index in [9.17, 15) is 0 Å². The summed E-state index contributed by atoms with van der Waals surface area (Å²) in [5.41, 5.74) is 0.734. The third-order valence-electron chi connectivity index (χ3n) is 3.15. The fourth-order valence-corrected chi connectivity index (χ4v) is 2.58. The Morgan fingerprint density at radius 1 is 1.09 bits per heavy atom. The first-order valence-electron chi connectivity index (χ1n) is 7.33. The van der Waals surface area contributed by atoms with E-state index in [1.807, 2.05) is 58.0 Å². The van der Waals surface area contributed by atoms with Crippen molar-refractivity contribution in [1.29, 1.82) is 0 Å². The number of aromatic nitrogens is 4. The number of nitrogens with zero attached hydrogens (tertiary/aromatic N) is 4. The summed E-state index contributed by atoms with van der Waals surface area (Å²) in [7, 11) is 0. The van der Waals surface area contributed by atoms with E-state index in [-0.39, 0.29) is 10.7 Å². The van der Waals surface area contributed by atoms with E-state index in [4.69, 9.17) is 8.94 Å². The maximum Gasteiger partial charge on any atom is 0.277 e. The highest BCUT2D eigenvalue weighted by atomic mass is 32.2. The predicted molar refractivity (Wildman–Crippen MR) is 87.0 cm³/mol. The van der Waals surface area contributed by atoms with E-state index in [0.29, 0.717) is 22.8 Å². The molecule has 0 spiro atoms. The van der Waals surface area contributed by atoms with Crippen molar-refractivity contribution in [2.75, 3.05) is 0 Å². The van der Waals surface area contributed by atoms with Crippen molar-refractivity contribution in [1.82, 2.24) is 20.3 Å². The first-order chi connectivity index (χ1) is 10.9. The van der Waals surface area contributed by atoms with E-state index in [0.717, 1.165) is 5.56 Å². The molecule has 6 nitrogen and oxygen atoms in total. The number of hydrogen-bond acceptors (Lipinski definition) is 7. The summed E-state index contributed by atoms with van der Waals surface area (Å²) >= 11 is 1.42. The zero-order valence-corrected chi connectivity index (χ0v) is 14.3. The Morgan fingerprint density at radius 2 is 1.83 bits per heavy atom. The van der Waals surface area contributed by atoms with Crippen LogP contribution in [0.2, 0.25) is 0 Å². The molecule has 0 fully saturated rings. The Bertz CT molecular complexity index is 777. The van der Waals surface area contributed by atoms with Crippen molar-refractivity contribution in [3.05, 3.63) is 42.0 Å². The summed E-state index contributed by atoms with van der Waals surface area (Å²) in [5.74, 6) is 1.73. The quantitative estimate of drug-likeness (QED) is 0.661. The highest BCUT2D eigenvalue weighted by molar-refractivity contribution is 7.99. The van der Waals surface area contributed by atoms with Gasteiger partial charge in [-0.1, -0.05) is 55.9 Å². The molecule has 0 saturated carbocycles.